The minimum absolute atomic E-state index is 0.241. The van der Waals surface area contributed by atoms with Gasteiger partial charge in [0.05, 0.1) is 0 Å². The van der Waals surface area contributed by atoms with Crippen LogP contribution in [0.2, 0.25) is 0 Å². The lowest BCUT2D eigenvalue weighted by atomic mass is 10.0. The number of thiocarbonyl (C=S) groups is 1. The molecule has 0 bridgehead atoms. The summed E-state index contributed by atoms with van der Waals surface area (Å²) in [6, 6.07) is 15.2. The third-order valence-electron chi connectivity index (χ3n) is 4.60. The first-order valence-electron chi connectivity index (χ1n) is 9.42. The van der Waals surface area contributed by atoms with Crippen LogP contribution in [-0.2, 0) is 0 Å². The number of hydrogen-bond donors (Lipinski definition) is 2. The molecule has 0 fully saturated rings. The van der Waals surface area contributed by atoms with E-state index in [2.05, 4.69) is 39.8 Å². The molecule has 0 atom stereocenters. The summed E-state index contributed by atoms with van der Waals surface area (Å²) in [5.41, 5.74) is 3.50. The highest BCUT2D eigenvalue weighted by Crippen LogP contribution is 2.26. The molecule has 2 aromatic heterocycles. The van der Waals surface area contributed by atoms with Gasteiger partial charge in [-0.2, -0.15) is 9.61 Å². The van der Waals surface area contributed by atoms with Crippen LogP contribution in [0.4, 0.5) is 5.69 Å². The Kier molecular flexibility index (Phi) is 5.56. The van der Waals surface area contributed by atoms with Gasteiger partial charge in [0.15, 0.2) is 10.9 Å². The van der Waals surface area contributed by atoms with Crippen LogP contribution in [0.25, 0.3) is 15.5 Å². The van der Waals surface area contributed by atoms with Crippen LogP contribution >= 0.6 is 23.6 Å². The smallest absolute Gasteiger partial charge is 0.257 e. The Hall–Kier alpha value is -3.17. The summed E-state index contributed by atoms with van der Waals surface area (Å²) < 4.78 is 1.73. The van der Waals surface area contributed by atoms with E-state index < -0.39 is 0 Å². The fraction of sp³-hybridized carbons (Fsp3) is 0.190. The van der Waals surface area contributed by atoms with Crippen molar-refractivity contribution in [1.82, 2.24) is 25.1 Å². The molecule has 9 heteroatoms. The molecule has 0 spiro atoms. The molecule has 1 amide bonds. The molecule has 0 aliphatic rings. The van der Waals surface area contributed by atoms with Gasteiger partial charge in [0, 0.05) is 16.8 Å². The summed E-state index contributed by atoms with van der Waals surface area (Å²) in [7, 11) is 0. The number of carbonyl (C=O) groups excluding carboxylic acids is 1. The maximum Gasteiger partial charge on any atom is 0.257 e. The highest BCUT2D eigenvalue weighted by atomic mass is 32.1. The Morgan fingerprint density at radius 3 is 2.40 bits per heavy atom. The molecule has 152 valence electrons. The molecule has 4 rings (SSSR count). The van der Waals surface area contributed by atoms with E-state index in [1.165, 1.54) is 16.9 Å². The normalized spacial score (nSPS) is 11.1. The zero-order valence-electron chi connectivity index (χ0n) is 16.7. The maximum atomic E-state index is 12.4. The maximum absolute atomic E-state index is 12.4. The van der Waals surface area contributed by atoms with Gasteiger partial charge in [-0.3, -0.25) is 10.1 Å². The predicted molar refractivity (Wildman–Crippen MR) is 123 cm³/mol. The molecule has 30 heavy (non-hydrogen) atoms. The number of amides is 1. The van der Waals surface area contributed by atoms with Crippen molar-refractivity contribution in [2.45, 2.75) is 26.7 Å². The molecule has 2 N–H and O–H groups in total. The van der Waals surface area contributed by atoms with Crippen molar-refractivity contribution in [3.8, 4) is 10.6 Å². The molecule has 2 aromatic carbocycles. The number of nitrogens with one attached hydrogen (secondary N) is 2. The van der Waals surface area contributed by atoms with E-state index in [9.17, 15) is 4.79 Å². The number of rotatable bonds is 4. The third kappa shape index (κ3) is 4.22. The Labute approximate surface area is 183 Å². The second-order valence-electron chi connectivity index (χ2n) is 7.11. The highest BCUT2D eigenvalue weighted by molar-refractivity contribution is 7.80. The van der Waals surface area contributed by atoms with E-state index in [1.54, 1.807) is 4.52 Å². The standard InChI is InChI=1S/C21H20N6OS2/c1-12(2)14-4-6-15(7-5-14)18(28)23-20(29)22-17-10-8-16(9-11-17)19-26-27-13(3)24-25-21(27)30-19/h4-12H,1-3H3,(H2,22,23,28,29). The summed E-state index contributed by atoms with van der Waals surface area (Å²) in [4.78, 5) is 13.2. The molecule has 0 aliphatic heterocycles. The average molecular weight is 437 g/mol. The van der Waals surface area contributed by atoms with Gasteiger partial charge in [-0.05, 0) is 67.0 Å². The Morgan fingerprint density at radius 1 is 1.07 bits per heavy atom. The van der Waals surface area contributed by atoms with Gasteiger partial charge in [-0.1, -0.05) is 37.3 Å². The van der Waals surface area contributed by atoms with Crippen LogP contribution in [-0.4, -0.2) is 30.8 Å². The second-order valence-corrected chi connectivity index (χ2v) is 8.48. The Bertz CT molecular complexity index is 1210. The summed E-state index contributed by atoms with van der Waals surface area (Å²) >= 11 is 6.76. The first kappa shape index (κ1) is 20.1. The topological polar surface area (TPSA) is 84.2 Å². The molecular formula is C21H20N6OS2. The molecule has 0 unspecified atom stereocenters. The zero-order valence-corrected chi connectivity index (χ0v) is 18.3. The molecule has 0 radical (unpaired) electrons. The average Bonchev–Trinajstić information content (AvgIpc) is 3.30. The molecule has 0 saturated carbocycles. The van der Waals surface area contributed by atoms with Gasteiger partial charge in [0.1, 0.15) is 5.01 Å². The number of carbonyl (C=O) groups is 1. The Morgan fingerprint density at radius 2 is 1.77 bits per heavy atom. The number of aryl methyl sites for hydroxylation is 1. The number of benzene rings is 2. The zero-order chi connectivity index (χ0) is 21.3. The SMILES string of the molecule is Cc1nnc2sc(-c3ccc(NC(=S)NC(=O)c4ccc(C(C)C)cc4)cc3)nn12. The number of fused-ring (bicyclic) bond motifs is 1. The quantitative estimate of drug-likeness (QED) is 0.461. The largest absolute Gasteiger partial charge is 0.332 e. The van der Waals surface area contributed by atoms with E-state index in [-0.39, 0.29) is 11.0 Å². The monoisotopic (exact) mass is 436 g/mol. The van der Waals surface area contributed by atoms with Crippen LogP contribution < -0.4 is 10.6 Å². The van der Waals surface area contributed by atoms with E-state index >= 15 is 0 Å². The van der Waals surface area contributed by atoms with Crippen LogP contribution in [0.1, 0.15) is 41.5 Å². The summed E-state index contributed by atoms with van der Waals surface area (Å²) in [5.74, 6) is 0.934. The van der Waals surface area contributed by atoms with Crippen molar-refractivity contribution < 1.29 is 4.79 Å². The van der Waals surface area contributed by atoms with Gasteiger partial charge in [-0.15, -0.1) is 10.2 Å². The molecule has 4 aromatic rings. The van der Waals surface area contributed by atoms with Gasteiger partial charge >= 0.3 is 0 Å². The first-order chi connectivity index (χ1) is 14.4. The van der Waals surface area contributed by atoms with E-state index in [0.717, 1.165) is 27.0 Å². The van der Waals surface area contributed by atoms with E-state index in [4.69, 9.17) is 12.2 Å². The third-order valence-corrected chi connectivity index (χ3v) is 5.76. The van der Waals surface area contributed by atoms with E-state index in [0.29, 0.717) is 11.5 Å². The number of aromatic nitrogens is 4. The van der Waals surface area contributed by atoms with E-state index in [1.807, 2.05) is 55.5 Å². The molecule has 0 saturated heterocycles. The van der Waals surface area contributed by atoms with Crippen molar-refractivity contribution in [3.63, 3.8) is 0 Å². The molecule has 7 nitrogen and oxygen atoms in total. The van der Waals surface area contributed by atoms with Crippen molar-refractivity contribution in [1.29, 1.82) is 0 Å². The molecule has 0 aliphatic carbocycles. The summed E-state index contributed by atoms with van der Waals surface area (Å²) in [5, 5.41) is 19.5. The van der Waals surface area contributed by atoms with Gasteiger partial charge < -0.3 is 5.32 Å². The minimum Gasteiger partial charge on any atom is -0.332 e. The summed E-state index contributed by atoms with van der Waals surface area (Å²) in [6.07, 6.45) is 0. The van der Waals surface area contributed by atoms with Crippen LogP contribution in [0.15, 0.2) is 48.5 Å². The predicted octanol–water partition coefficient (Wildman–Crippen LogP) is 4.41. The number of hydrogen-bond acceptors (Lipinski definition) is 6. The van der Waals surface area contributed by atoms with Crippen molar-refractivity contribution in [3.05, 3.63) is 65.5 Å². The van der Waals surface area contributed by atoms with Gasteiger partial charge in [0.2, 0.25) is 4.96 Å². The Balaban J connectivity index is 1.39. The molecular weight excluding hydrogens is 416 g/mol. The van der Waals surface area contributed by atoms with Gasteiger partial charge in [-0.25, -0.2) is 0 Å². The fourth-order valence-corrected chi connectivity index (χ4v) is 3.99. The molecule has 2 heterocycles. The van der Waals surface area contributed by atoms with Crippen molar-refractivity contribution in [2.75, 3.05) is 5.32 Å². The minimum atomic E-state index is -0.241. The lowest BCUT2D eigenvalue weighted by Gasteiger charge is -2.11. The lowest BCUT2D eigenvalue weighted by Crippen LogP contribution is -2.34. The van der Waals surface area contributed by atoms with Crippen molar-refractivity contribution in [2.24, 2.45) is 0 Å². The van der Waals surface area contributed by atoms with Crippen LogP contribution in [0.3, 0.4) is 0 Å². The fourth-order valence-electron chi connectivity index (χ4n) is 2.88. The first-order valence-corrected chi connectivity index (χ1v) is 10.6. The second kappa shape index (κ2) is 8.29. The van der Waals surface area contributed by atoms with Crippen LogP contribution in [0.5, 0.6) is 0 Å². The van der Waals surface area contributed by atoms with Crippen molar-refractivity contribution >= 4 is 45.2 Å². The highest BCUT2D eigenvalue weighted by Gasteiger charge is 2.11. The van der Waals surface area contributed by atoms with Gasteiger partial charge in [0.25, 0.3) is 5.91 Å². The van der Waals surface area contributed by atoms with Crippen LogP contribution in [0, 0.1) is 6.92 Å². The number of nitrogens with zero attached hydrogens (tertiary/aromatic N) is 4. The lowest BCUT2D eigenvalue weighted by molar-refractivity contribution is 0.0977. The number of anilines is 1. The summed E-state index contributed by atoms with van der Waals surface area (Å²) in [6.45, 7) is 6.10.